The van der Waals surface area contributed by atoms with Crippen molar-refractivity contribution in [1.82, 2.24) is 5.32 Å². The van der Waals surface area contributed by atoms with Crippen LogP contribution < -0.4 is 10.0 Å². The van der Waals surface area contributed by atoms with Crippen LogP contribution in [-0.2, 0) is 10.0 Å². The molecule has 18 heavy (non-hydrogen) atoms. The molecule has 0 saturated heterocycles. The fraction of sp³-hybridized carbons (Fsp3) is 0.400. The van der Waals surface area contributed by atoms with Gasteiger partial charge in [0.25, 0.3) is 0 Å². The molecule has 0 fully saturated rings. The van der Waals surface area contributed by atoms with Crippen molar-refractivity contribution in [3.8, 4) is 0 Å². The second-order valence-electron chi connectivity index (χ2n) is 3.62. The van der Waals surface area contributed by atoms with Gasteiger partial charge in [0, 0.05) is 14.0 Å². The minimum atomic E-state index is -3.36. The van der Waals surface area contributed by atoms with Crippen LogP contribution in [-0.4, -0.2) is 27.8 Å². The highest BCUT2D eigenvalue weighted by molar-refractivity contribution is 9.11. The summed E-state index contributed by atoms with van der Waals surface area (Å²) in [5, 5.41) is 3.43. The molecule has 2 N–H and O–H groups in total. The Morgan fingerprint density at radius 3 is 2.33 bits per heavy atom. The zero-order chi connectivity index (χ0) is 13.8. The number of benzene rings is 1. The molecule has 0 heterocycles. The number of halogens is 3. The third-order valence-corrected chi connectivity index (χ3v) is 4.91. The van der Waals surface area contributed by atoms with Crippen LogP contribution in [0.5, 0.6) is 0 Å². The lowest BCUT2D eigenvalue weighted by atomic mass is 10.3. The first-order valence-corrected chi connectivity index (χ1v) is 8.77. The van der Waals surface area contributed by atoms with Crippen molar-refractivity contribution >= 4 is 59.2 Å². The summed E-state index contributed by atoms with van der Waals surface area (Å²) in [6.07, 6.45) is 0.550. The SMILES string of the molecule is CNCCCS(=O)(=O)Nc1c(Br)cc(Cl)cc1Br. The van der Waals surface area contributed by atoms with Crippen molar-refractivity contribution in [3.05, 3.63) is 26.1 Å². The highest BCUT2D eigenvalue weighted by Crippen LogP contribution is 2.34. The first-order chi connectivity index (χ1) is 8.35. The molecule has 1 rings (SSSR count). The molecule has 0 aromatic heterocycles. The van der Waals surface area contributed by atoms with Gasteiger partial charge in [-0.1, -0.05) is 11.6 Å². The monoisotopic (exact) mass is 418 g/mol. The predicted molar refractivity (Wildman–Crippen MR) is 82.8 cm³/mol. The number of hydrogen-bond acceptors (Lipinski definition) is 3. The van der Waals surface area contributed by atoms with Crippen LogP contribution in [0, 0.1) is 0 Å². The quantitative estimate of drug-likeness (QED) is 0.695. The van der Waals surface area contributed by atoms with E-state index >= 15 is 0 Å². The van der Waals surface area contributed by atoms with Gasteiger partial charge in [-0.05, 0) is 64.0 Å². The van der Waals surface area contributed by atoms with Crippen LogP contribution in [0.25, 0.3) is 0 Å². The summed E-state index contributed by atoms with van der Waals surface area (Å²) in [5.74, 6) is 0.0648. The molecule has 0 aliphatic carbocycles. The summed E-state index contributed by atoms with van der Waals surface area (Å²) in [7, 11) is -1.57. The molecule has 0 radical (unpaired) electrons. The molecule has 0 amide bonds. The Balaban J connectivity index is 2.84. The van der Waals surface area contributed by atoms with Crippen molar-refractivity contribution in [2.75, 3.05) is 24.1 Å². The van der Waals surface area contributed by atoms with Crippen LogP contribution in [0.1, 0.15) is 6.42 Å². The van der Waals surface area contributed by atoms with Crippen molar-refractivity contribution in [3.63, 3.8) is 0 Å². The van der Waals surface area contributed by atoms with Crippen LogP contribution in [0.2, 0.25) is 5.02 Å². The normalized spacial score (nSPS) is 11.6. The maximum atomic E-state index is 11.9. The maximum absolute atomic E-state index is 11.9. The number of hydrogen-bond donors (Lipinski definition) is 2. The molecule has 0 spiro atoms. The van der Waals surface area contributed by atoms with E-state index in [4.69, 9.17) is 11.6 Å². The van der Waals surface area contributed by atoms with E-state index in [1.54, 1.807) is 19.2 Å². The molecule has 0 unspecified atom stereocenters. The number of nitrogens with one attached hydrogen (secondary N) is 2. The van der Waals surface area contributed by atoms with Crippen molar-refractivity contribution in [1.29, 1.82) is 0 Å². The van der Waals surface area contributed by atoms with E-state index in [9.17, 15) is 8.42 Å². The fourth-order valence-corrected chi connectivity index (χ4v) is 4.57. The van der Waals surface area contributed by atoms with E-state index in [0.29, 0.717) is 32.6 Å². The number of anilines is 1. The van der Waals surface area contributed by atoms with Gasteiger partial charge in [0.15, 0.2) is 0 Å². The molecule has 8 heteroatoms. The van der Waals surface area contributed by atoms with Crippen LogP contribution in [0.4, 0.5) is 5.69 Å². The molecular weight excluding hydrogens is 407 g/mol. The van der Waals surface area contributed by atoms with Gasteiger partial charge >= 0.3 is 0 Å². The van der Waals surface area contributed by atoms with E-state index in [2.05, 4.69) is 41.9 Å². The maximum Gasteiger partial charge on any atom is 0.232 e. The van der Waals surface area contributed by atoms with Crippen molar-refractivity contribution in [2.45, 2.75) is 6.42 Å². The van der Waals surface area contributed by atoms with Gasteiger partial charge in [0.05, 0.1) is 11.4 Å². The van der Waals surface area contributed by atoms with Gasteiger partial charge in [-0.25, -0.2) is 8.42 Å². The standard InChI is InChI=1S/C10H13Br2ClN2O2S/c1-14-3-2-4-18(16,17)15-10-8(11)5-7(13)6-9(10)12/h5-6,14-15H,2-4H2,1H3. The molecule has 0 aliphatic rings. The van der Waals surface area contributed by atoms with Crippen LogP contribution in [0.15, 0.2) is 21.1 Å². The lowest BCUT2D eigenvalue weighted by Gasteiger charge is -2.12. The average molecular weight is 421 g/mol. The highest BCUT2D eigenvalue weighted by Gasteiger charge is 2.15. The Kier molecular flexibility index (Phi) is 6.40. The molecule has 102 valence electrons. The minimum Gasteiger partial charge on any atom is -0.320 e. The van der Waals surface area contributed by atoms with Crippen LogP contribution >= 0.6 is 43.5 Å². The lowest BCUT2D eigenvalue weighted by molar-refractivity contribution is 0.597. The topological polar surface area (TPSA) is 58.2 Å². The summed E-state index contributed by atoms with van der Waals surface area (Å²) >= 11 is 12.4. The van der Waals surface area contributed by atoms with Gasteiger partial charge in [-0.15, -0.1) is 0 Å². The minimum absolute atomic E-state index is 0.0648. The van der Waals surface area contributed by atoms with Crippen molar-refractivity contribution in [2.24, 2.45) is 0 Å². The Morgan fingerprint density at radius 2 is 1.83 bits per heavy atom. The van der Waals surface area contributed by atoms with E-state index in [0.717, 1.165) is 0 Å². The predicted octanol–water partition coefficient (Wildman–Crippen LogP) is 3.22. The lowest BCUT2D eigenvalue weighted by Crippen LogP contribution is -2.20. The summed E-state index contributed by atoms with van der Waals surface area (Å²) in [6, 6.07) is 3.27. The van der Waals surface area contributed by atoms with E-state index in [-0.39, 0.29) is 5.75 Å². The molecule has 1 aromatic carbocycles. The molecule has 0 bridgehead atoms. The highest BCUT2D eigenvalue weighted by atomic mass is 79.9. The molecule has 0 aliphatic heterocycles. The summed E-state index contributed by atoms with van der Waals surface area (Å²) < 4.78 is 27.4. The summed E-state index contributed by atoms with van der Waals surface area (Å²) in [5.41, 5.74) is 0.462. The molecule has 0 atom stereocenters. The first-order valence-electron chi connectivity index (χ1n) is 5.15. The van der Waals surface area contributed by atoms with Gasteiger partial charge in [0.2, 0.25) is 10.0 Å². The molecule has 0 saturated carbocycles. The number of rotatable bonds is 6. The Morgan fingerprint density at radius 1 is 1.28 bits per heavy atom. The van der Waals surface area contributed by atoms with Gasteiger partial charge in [-0.2, -0.15) is 0 Å². The Labute approximate surface area is 129 Å². The molecule has 4 nitrogen and oxygen atoms in total. The largest absolute Gasteiger partial charge is 0.320 e. The third kappa shape index (κ3) is 5.05. The van der Waals surface area contributed by atoms with E-state index < -0.39 is 10.0 Å². The summed E-state index contributed by atoms with van der Waals surface area (Å²) in [4.78, 5) is 0. The molecule has 1 aromatic rings. The Hall–Kier alpha value is 0.180. The zero-order valence-corrected chi connectivity index (χ0v) is 14.4. The van der Waals surface area contributed by atoms with Crippen LogP contribution in [0.3, 0.4) is 0 Å². The first kappa shape index (κ1) is 16.2. The van der Waals surface area contributed by atoms with Gasteiger partial charge in [0.1, 0.15) is 0 Å². The number of sulfonamides is 1. The van der Waals surface area contributed by atoms with E-state index in [1.165, 1.54) is 0 Å². The van der Waals surface area contributed by atoms with Crippen molar-refractivity contribution < 1.29 is 8.42 Å². The Bertz CT molecular complexity index is 500. The average Bonchev–Trinajstić information content (AvgIpc) is 2.23. The molecular formula is C10H13Br2ClN2O2S. The van der Waals surface area contributed by atoms with E-state index in [1.807, 2.05) is 0 Å². The van der Waals surface area contributed by atoms with Gasteiger partial charge < -0.3 is 5.32 Å². The second kappa shape index (κ2) is 7.09. The second-order valence-corrected chi connectivity index (χ2v) is 7.61. The smallest absolute Gasteiger partial charge is 0.232 e. The van der Waals surface area contributed by atoms with Gasteiger partial charge in [-0.3, -0.25) is 4.72 Å². The zero-order valence-electron chi connectivity index (χ0n) is 9.63. The third-order valence-electron chi connectivity index (χ3n) is 2.10. The fourth-order valence-electron chi connectivity index (χ4n) is 1.29. The summed E-state index contributed by atoms with van der Waals surface area (Å²) in [6.45, 7) is 0.657.